The molecule has 0 saturated heterocycles. The highest BCUT2D eigenvalue weighted by atomic mass is 32.2. The summed E-state index contributed by atoms with van der Waals surface area (Å²) in [5, 5.41) is 3.31. The van der Waals surface area contributed by atoms with Gasteiger partial charge >= 0.3 is 0 Å². The number of benzene rings is 3. The molecule has 188 valence electrons. The van der Waals surface area contributed by atoms with Gasteiger partial charge in [-0.25, -0.2) is 0 Å². The summed E-state index contributed by atoms with van der Waals surface area (Å²) in [6, 6.07) is 27.8. The largest absolute Gasteiger partial charge is 0.352 e. The Bertz CT molecular complexity index is 1110. The molecule has 0 aliphatic heterocycles. The Morgan fingerprint density at radius 1 is 0.889 bits per heavy atom. The second kappa shape index (κ2) is 13.3. The topological polar surface area (TPSA) is 49.4 Å². The van der Waals surface area contributed by atoms with Gasteiger partial charge in [-0.3, -0.25) is 9.59 Å². The third-order valence-electron chi connectivity index (χ3n) is 6.76. The average Bonchev–Trinajstić information content (AvgIpc) is 2.91. The number of nitrogens with one attached hydrogen (secondary N) is 1. The van der Waals surface area contributed by atoms with Crippen molar-refractivity contribution < 1.29 is 9.59 Å². The molecule has 1 aliphatic carbocycles. The molecule has 0 bridgehead atoms. The molecule has 2 amide bonds. The lowest BCUT2D eigenvalue weighted by Crippen LogP contribution is -2.53. The maximum Gasteiger partial charge on any atom is 0.243 e. The summed E-state index contributed by atoms with van der Waals surface area (Å²) in [6.07, 6.45) is 6.04. The van der Waals surface area contributed by atoms with Crippen LogP contribution in [0.1, 0.15) is 48.8 Å². The number of carbonyl (C=O) groups is 2. The van der Waals surface area contributed by atoms with Crippen molar-refractivity contribution in [3.8, 4) is 0 Å². The standard InChI is InChI=1S/C31H36N2O2S/c1-24-12-11-15-26(20-24)22-33(30(34)23-36-28-18-9-4-10-19-28)29(21-25-13-5-2-6-14-25)31(35)32-27-16-7-3-8-17-27/h2,4-6,9-15,18-20,27,29H,3,7-8,16-17,21-23H2,1H3,(H,32,35)/t29-/m1/s1. The second-order valence-corrected chi connectivity index (χ2v) is 10.7. The molecule has 1 atom stereocenters. The number of aryl methyl sites for hydroxylation is 1. The van der Waals surface area contributed by atoms with Gasteiger partial charge in [0.2, 0.25) is 11.8 Å². The predicted molar refractivity (Wildman–Crippen MR) is 148 cm³/mol. The summed E-state index contributed by atoms with van der Waals surface area (Å²) >= 11 is 1.52. The molecule has 4 rings (SSSR count). The Balaban J connectivity index is 1.60. The summed E-state index contributed by atoms with van der Waals surface area (Å²) in [4.78, 5) is 30.4. The molecule has 1 N–H and O–H groups in total. The van der Waals surface area contributed by atoms with Crippen molar-refractivity contribution in [3.63, 3.8) is 0 Å². The van der Waals surface area contributed by atoms with Crippen LogP contribution in [-0.4, -0.2) is 34.6 Å². The highest BCUT2D eigenvalue weighted by Crippen LogP contribution is 2.22. The van der Waals surface area contributed by atoms with Gasteiger partial charge in [-0.2, -0.15) is 0 Å². The summed E-state index contributed by atoms with van der Waals surface area (Å²) in [7, 11) is 0. The van der Waals surface area contributed by atoms with E-state index in [1.165, 1.54) is 18.2 Å². The number of carbonyl (C=O) groups excluding carboxylic acids is 2. The first kappa shape index (κ1) is 26.0. The van der Waals surface area contributed by atoms with Crippen LogP contribution in [0.2, 0.25) is 0 Å². The molecule has 1 aliphatic rings. The van der Waals surface area contributed by atoms with Gasteiger partial charge in [0.1, 0.15) is 6.04 Å². The van der Waals surface area contributed by atoms with Gasteiger partial charge in [0, 0.05) is 23.9 Å². The van der Waals surface area contributed by atoms with Crippen LogP contribution < -0.4 is 5.32 Å². The van der Waals surface area contributed by atoms with Crippen LogP contribution in [0, 0.1) is 6.92 Å². The average molecular weight is 501 g/mol. The molecule has 36 heavy (non-hydrogen) atoms. The lowest BCUT2D eigenvalue weighted by Gasteiger charge is -2.33. The smallest absolute Gasteiger partial charge is 0.243 e. The third kappa shape index (κ3) is 7.72. The molecule has 1 fully saturated rings. The van der Waals surface area contributed by atoms with Gasteiger partial charge in [-0.15, -0.1) is 11.8 Å². The Labute approximate surface area is 219 Å². The lowest BCUT2D eigenvalue weighted by atomic mass is 9.94. The maximum atomic E-state index is 13.8. The zero-order valence-corrected chi connectivity index (χ0v) is 21.9. The summed E-state index contributed by atoms with van der Waals surface area (Å²) in [5.74, 6) is 0.222. The SMILES string of the molecule is Cc1cccc(CN(C(=O)CSc2ccccc2)[C@H](Cc2ccccc2)C(=O)NC2CCCCC2)c1. The van der Waals surface area contributed by atoms with E-state index >= 15 is 0 Å². The van der Waals surface area contributed by atoms with E-state index in [1.807, 2.05) is 72.8 Å². The Hall–Kier alpha value is -3.05. The fourth-order valence-corrected chi connectivity index (χ4v) is 5.66. The van der Waals surface area contributed by atoms with E-state index in [0.29, 0.717) is 13.0 Å². The highest BCUT2D eigenvalue weighted by molar-refractivity contribution is 8.00. The van der Waals surface area contributed by atoms with Gasteiger partial charge in [0.05, 0.1) is 5.75 Å². The van der Waals surface area contributed by atoms with Gasteiger partial charge in [-0.1, -0.05) is 97.6 Å². The van der Waals surface area contributed by atoms with E-state index in [2.05, 4.69) is 24.4 Å². The number of amides is 2. The van der Waals surface area contributed by atoms with Gasteiger partial charge < -0.3 is 10.2 Å². The lowest BCUT2D eigenvalue weighted by molar-refractivity contribution is -0.139. The third-order valence-corrected chi connectivity index (χ3v) is 7.76. The number of thioether (sulfide) groups is 1. The maximum absolute atomic E-state index is 13.8. The first-order chi connectivity index (χ1) is 17.6. The van der Waals surface area contributed by atoms with Crippen LogP contribution in [0.15, 0.2) is 89.8 Å². The van der Waals surface area contributed by atoms with Crippen molar-refractivity contribution in [2.45, 2.75) is 69.0 Å². The minimum atomic E-state index is -0.571. The van der Waals surface area contributed by atoms with E-state index in [1.54, 1.807) is 4.90 Å². The molecule has 5 heteroatoms. The van der Waals surface area contributed by atoms with Crippen LogP contribution in [0.5, 0.6) is 0 Å². The monoisotopic (exact) mass is 500 g/mol. The molecule has 0 heterocycles. The van der Waals surface area contributed by atoms with Crippen molar-refractivity contribution in [2.24, 2.45) is 0 Å². The quantitative estimate of drug-likeness (QED) is 0.338. The van der Waals surface area contributed by atoms with Gasteiger partial charge in [-0.05, 0) is 43.0 Å². The summed E-state index contributed by atoms with van der Waals surface area (Å²) in [5.41, 5.74) is 3.24. The Kier molecular flexibility index (Phi) is 9.62. The van der Waals surface area contributed by atoms with Crippen LogP contribution in [0.3, 0.4) is 0 Å². The molecular formula is C31H36N2O2S. The van der Waals surface area contributed by atoms with E-state index < -0.39 is 6.04 Å². The summed E-state index contributed by atoms with van der Waals surface area (Å²) in [6.45, 7) is 2.46. The molecule has 0 unspecified atom stereocenters. The van der Waals surface area contributed by atoms with Gasteiger partial charge in [0.15, 0.2) is 0 Å². The Morgan fingerprint density at radius 2 is 1.56 bits per heavy atom. The minimum absolute atomic E-state index is 0.0231. The Morgan fingerprint density at radius 3 is 2.25 bits per heavy atom. The van der Waals surface area contributed by atoms with Crippen molar-refractivity contribution in [1.29, 1.82) is 0 Å². The first-order valence-electron chi connectivity index (χ1n) is 13.0. The molecule has 3 aromatic carbocycles. The number of hydrogen-bond donors (Lipinski definition) is 1. The van der Waals surface area contributed by atoms with Gasteiger partial charge in [0.25, 0.3) is 0 Å². The van der Waals surface area contributed by atoms with Crippen LogP contribution >= 0.6 is 11.8 Å². The van der Waals surface area contributed by atoms with E-state index in [-0.39, 0.29) is 23.6 Å². The zero-order valence-electron chi connectivity index (χ0n) is 21.1. The van der Waals surface area contributed by atoms with Crippen LogP contribution in [0.25, 0.3) is 0 Å². The molecule has 4 nitrogen and oxygen atoms in total. The molecule has 0 aromatic heterocycles. The van der Waals surface area contributed by atoms with Crippen molar-refractivity contribution in [3.05, 3.63) is 102 Å². The predicted octanol–water partition coefficient (Wildman–Crippen LogP) is 6.18. The van der Waals surface area contributed by atoms with Crippen LogP contribution in [0.4, 0.5) is 0 Å². The number of nitrogens with zero attached hydrogens (tertiary/aromatic N) is 1. The molecular weight excluding hydrogens is 464 g/mol. The molecule has 0 spiro atoms. The fraction of sp³-hybridized carbons (Fsp3) is 0.355. The number of rotatable bonds is 10. The highest BCUT2D eigenvalue weighted by Gasteiger charge is 2.31. The van der Waals surface area contributed by atoms with Crippen LogP contribution in [-0.2, 0) is 22.6 Å². The zero-order chi connectivity index (χ0) is 25.2. The molecule has 3 aromatic rings. The van der Waals surface area contributed by atoms with E-state index in [4.69, 9.17) is 0 Å². The summed E-state index contributed by atoms with van der Waals surface area (Å²) < 4.78 is 0. The second-order valence-electron chi connectivity index (χ2n) is 9.66. The molecule has 1 saturated carbocycles. The molecule has 0 radical (unpaired) electrons. The number of hydrogen-bond acceptors (Lipinski definition) is 3. The minimum Gasteiger partial charge on any atom is -0.352 e. The normalized spacial score (nSPS) is 14.7. The fourth-order valence-electron chi connectivity index (χ4n) is 4.85. The van der Waals surface area contributed by atoms with Crippen molar-refractivity contribution in [2.75, 3.05) is 5.75 Å². The van der Waals surface area contributed by atoms with Crippen molar-refractivity contribution >= 4 is 23.6 Å². The van der Waals surface area contributed by atoms with Crippen molar-refractivity contribution in [1.82, 2.24) is 10.2 Å². The van der Waals surface area contributed by atoms with E-state index in [0.717, 1.165) is 47.3 Å². The van der Waals surface area contributed by atoms with E-state index in [9.17, 15) is 9.59 Å². The first-order valence-corrected chi connectivity index (χ1v) is 13.9.